The summed E-state index contributed by atoms with van der Waals surface area (Å²) in [5.41, 5.74) is 1.84. The number of nitrogens with zero attached hydrogens (tertiary/aromatic N) is 2. The SMILES string of the molecule is O=C(/C=C/c1cc2c(cc1[N+](=O)[O-])OCO2)OCC(=O)N1CCCc2ccccc21. The summed E-state index contributed by atoms with van der Waals surface area (Å²) in [5.74, 6) is -0.472. The van der Waals surface area contributed by atoms with E-state index in [9.17, 15) is 19.7 Å². The predicted molar refractivity (Wildman–Crippen MR) is 106 cm³/mol. The van der Waals surface area contributed by atoms with Gasteiger partial charge in [-0.3, -0.25) is 14.9 Å². The maximum absolute atomic E-state index is 12.5. The average Bonchev–Trinajstić information content (AvgIpc) is 3.22. The Kier molecular flexibility index (Phi) is 5.34. The normalized spacial score (nSPS) is 14.5. The van der Waals surface area contributed by atoms with Gasteiger partial charge in [-0.15, -0.1) is 0 Å². The van der Waals surface area contributed by atoms with Gasteiger partial charge >= 0.3 is 5.97 Å². The van der Waals surface area contributed by atoms with Crippen LogP contribution in [0.3, 0.4) is 0 Å². The van der Waals surface area contributed by atoms with Crippen LogP contribution in [0.1, 0.15) is 17.5 Å². The zero-order valence-electron chi connectivity index (χ0n) is 15.9. The first-order valence-electron chi connectivity index (χ1n) is 9.34. The number of rotatable bonds is 5. The Bertz CT molecular complexity index is 1050. The van der Waals surface area contributed by atoms with Gasteiger partial charge in [-0.2, -0.15) is 0 Å². The zero-order chi connectivity index (χ0) is 21.1. The summed E-state index contributed by atoms with van der Waals surface area (Å²) in [7, 11) is 0. The number of hydrogen-bond donors (Lipinski definition) is 0. The molecule has 2 heterocycles. The second-order valence-corrected chi connectivity index (χ2v) is 6.74. The molecule has 0 spiro atoms. The number of fused-ring (bicyclic) bond motifs is 2. The molecule has 0 aliphatic carbocycles. The summed E-state index contributed by atoms with van der Waals surface area (Å²) in [5, 5.41) is 11.3. The van der Waals surface area contributed by atoms with Crippen molar-refractivity contribution in [3.05, 3.63) is 63.7 Å². The van der Waals surface area contributed by atoms with E-state index < -0.39 is 17.5 Å². The Hall–Kier alpha value is -3.88. The number of anilines is 1. The van der Waals surface area contributed by atoms with E-state index >= 15 is 0 Å². The molecule has 0 unspecified atom stereocenters. The second kappa shape index (κ2) is 8.24. The molecule has 154 valence electrons. The highest BCUT2D eigenvalue weighted by Crippen LogP contribution is 2.38. The van der Waals surface area contributed by atoms with Crippen molar-refractivity contribution >= 4 is 29.3 Å². The molecule has 2 aromatic carbocycles. The molecule has 0 atom stereocenters. The molecule has 9 nitrogen and oxygen atoms in total. The Labute approximate surface area is 171 Å². The van der Waals surface area contributed by atoms with Gasteiger partial charge in [0.15, 0.2) is 18.1 Å². The van der Waals surface area contributed by atoms with Crippen molar-refractivity contribution < 1.29 is 28.7 Å². The third-order valence-corrected chi connectivity index (χ3v) is 4.87. The van der Waals surface area contributed by atoms with Gasteiger partial charge in [0.1, 0.15) is 0 Å². The molecule has 2 aliphatic heterocycles. The third-order valence-electron chi connectivity index (χ3n) is 4.87. The lowest BCUT2D eigenvalue weighted by molar-refractivity contribution is -0.385. The van der Waals surface area contributed by atoms with Gasteiger partial charge in [0, 0.05) is 18.3 Å². The largest absolute Gasteiger partial charge is 0.454 e. The lowest BCUT2D eigenvalue weighted by atomic mass is 10.0. The van der Waals surface area contributed by atoms with Crippen LogP contribution in [0.15, 0.2) is 42.5 Å². The van der Waals surface area contributed by atoms with Crippen molar-refractivity contribution in [3.63, 3.8) is 0 Å². The highest BCUT2D eigenvalue weighted by atomic mass is 16.7. The lowest BCUT2D eigenvalue weighted by Gasteiger charge is -2.29. The molecular weight excluding hydrogens is 392 g/mol. The lowest BCUT2D eigenvalue weighted by Crippen LogP contribution is -2.38. The van der Waals surface area contributed by atoms with E-state index in [0.717, 1.165) is 30.2 Å². The monoisotopic (exact) mass is 410 g/mol. The number of benzene rings is 2. The summed E-state index contributed by atoms with van der Waals surface area (Å²) in [4.78, 5) is 36.9. The standard InChI is InChI=1S/C21H18N2O7/c24-20(22-9-3-5-14-4-1-2-6-16(14)22)12-28-21(25)8-7-15-10-18-19(30-13-29-18)11-17(15)23(26)27/h1-2,4,6-8,10-11H,3,5,9,12-13H2/b8-7+. The van der Waals surface area contributed by atoms with Crippen LogP contribution in [0.5, 0.6) is 11.5 Å². The molecule has 0 saturated heterocycles. The molecule has 0 bridgehead atoms. The van der Waals surface area contributed by atoms with Crippen molar-refractivity contribution in [1.82, 2.24) is 0 Å². The number of ether oxygens (including phenoxy) is 3. The molecule has 2 aliphatic rings. The first-order valence-corrected chi connectivity index (χ1v) is 9.34. The van der Waals surface area contributed by atoms with Gasteiger partial charge in [0.2, 0.25) is 6.79 Å². The van der Waals surface area contributed by atoms with Gasteiger partial charge in [0.05, 0.1) is 16.6 Å². The van der Waals surface area contributed by atoms with Crippen molar-refractivity contribution in [2.45, 2.75) is 12.8 Å². The Morgan fingerprint density at radius 1 is 1.20 bits per heavy atom. The maximum atomic E-state index is 12.5. The Balaban J connectivity index is 1.41. The molecule has 4 rings (SSSR count). The number of para-hydroxylation sites is 1. The molecule has 0 saturated carbocycles. The van der Waals surface area contributed by atoms with Gasteiger partial charge in [-0.1, -0.05) is 18.2 Å². The average molecular weight is 410 g/mol. The molecule has 0 N–H and O–H groups in total. The number of hydrogen-bond acceptors (Lipinski definition) is 7. The molecule has 0 fully saturated rings. The number of aryl methyl sites for hydroxylation is 1. The molecule has 0 radical (unpaired) electrons. The van der Waals surface area contributed by atoms with Crippen molar-refractivity contribution in [1.29, 1.82) is 0 Å². The minimum atomic E-state index is -0.777. The van der Waals surface area contributed by atoms with Crippen LogP contribution in [0.25, 0.3) is 6.08 Å². The highest BCUT2D eigenvalue weighted by Gasteiger charge is 2.24. The van der Waals surface area contributed by atoms with Crippen LogP contribution < -0.4 is 14.4 Å². The second-order valence-electron chi connectivity index (χ2n) is 6.74. The third kappa shape index (κ3) is 3.95. The van der Waals surface area contributed by atoms with E-state index in [0.29, 0.717) is 12.3 Å². The van der Waals surface area contributed by atoms with Crippen LogP contribution in [0, 0.1) is 10.1 Å². The summed E-state index contributed by atoms with van der Waals surface area (Å²) >= 11 is 0. The first kappa shape index (κ1) is 19.4. The summed E-state index contributed by atoms with van der Waals surface area (Å²) in [6.07, 6.45) is 4.03. The van der Waals surface area contributed by atoms with Crippen LogP contribution >= 0.6 is 0 Å². The van der Waals surface area contributed by atoms with Crippen LogP contribution in [0.4, 0.5) is 11.4 Å². The van der Waals surface area contributed by atoms with Crippen LogP contribution in [-0.2, 0) is 20.7 Å². The molecular formula is C21H18N2O7. The Morgan fingerprint density at radius 2 is 1.97 bits per heavy atom. The summed E-state index contributed by atoms with van der Waals surface area (Å²) < 4.78 is 15.4. The number of carbonyl (C=O) groups excluding carboxylic acids is 2. The van der Waals surface area contributed by atoms with Crippen molar-refractivity contribution in [2.75, 3.05) is 24.8 Å². The molecule has 0 aromatic heterocycles. The molecule has 9 heteroatoms. The van der Waals surface area contributed by atoms with Gasteiger partial charge in [-0.05, 0) is 36.6 Å². The minimum absolute atomic E-state index is 0.0244. The van der Waals surface area contributed by atoms with Crippen molar-refractivity contribution in [2.24, 2.45) is 0 Å². The quantitative estimate of drug-likeness (QED) is 0.323. The number of carbonyl (C=O) groups is 2. The zero-order valence-corrected chi connectivity index (χ0v) is 15.9. The Morgan fingerprint density at radius 3 is 2.77 bits per heavy atom. The maximum Gasteiger partial charge on any atom is 0.331 e. The van der Waals surface area contributed by atoms with E-state index in [-0.39, 0.29) is 29.7 Å². The fourth-order valence-corrected chi connectivity index (χ4v) is 3.45. The van der Waals surface area contributed by atoms with Crippen LogP contribution in [0.2, 0.25) is 0 Å². The van der Waals surface area contributed by atoms with Gasteiger partial charge < -0.3 is 19.1 Å². The number of nitro groups is 1. The highest BCUT2D eigenvalue weighted by molar-refractivity contribution is 5.97. The van der Waals surface area contributed by atoms with E-state index in [1.54, 1.807) is 4.90 Å². The van der Waals surface area contributed by atoms with Crippen LogP contribution in [-0.4, -0.2) is 36.7 Å². The minimum Gasteiger partial charge on any atom is -0.454 e. The molecule has 2 aromatic rings. The van der Waals surface area contributed by atoms with Crippen molar-refractivity contribution in [3.8, 4) is 11.5 Å². The fraction of sp³-hybridized carbons (Fsp3) is 0.238. The fourth-order valence-electron chi connectivity index (χ4n) is 3.45. The van der Waals surface area contributed by atoms with E-state index in [1.165, 1.54) is 18.2 Å². The summed E-state index contributed by atoms with van der Waals surface area (Å²) in [6, 6.07) is 10.3. The number of amides is 1. The topological polar surface area (TPSA) is 108 Å². The smallest absolute Gasteiger partial charge is 0.331 e. The van der Waals surface area contributed by atoms with E-state index in [1.807, 2.05) is 24.3 Å². The predicted octanol–water partition coefficient (Wildman–Crippen LogP) is 2.86. The number of esters is 1. The molecule has 1 amide bonds. The van der Waals surface area contributed by atoms with Gasteiger partial charge in [-0.25, -0.2) is 4.79 Å². The van der Waals surface area contributed by atoms with Gasteiger partial charge in [0.25, 0.3) is 11.6 Å². The van der Waals surface area contributed by atoms with E-state index in [2.05, 4.69) is 0 Å². The molecule has 30 heavy (non-hydrogen) atoms. The van der Waals surface area contributed by atoms with E-state index in [4.69, 9.17) is 14.2 Å². The first-order chi connectivity index (χ1) is 14.5. The number of nitro benzene ring substituents is 1. The summed E-state index contributed by atoms with van der Waals surface area (Å²) in [6.45, 7) is 0.122.